The maximum atomic E-state index is 13.5. The minimum absolute atomic E-state index is 0.121. The van der Waals surface area contributed by atoms with Gasteiger partial charge in [-0.3, -0.25) is 9.59 Å². The van der Waals surface area contributed by atoms with Gasteiger partial charge in [0.2, 0.25) is 5.91 Å². The fourth-order valence-electron chi connectivity index (χ4n) is 11.4. The van der Waals surface area contributed by atoms with E-state index in [2.05, 4.69) is 62.5 Å². The molecule has 11 nitrogen and oxygen atoms in total. The number of rotatable bonds is 63. The van der Waals surface area contributed by atoms with Crippen LogP contribution < -0.4 is 5.32 Å². The quantitative estimate of drug-likeness (QED) is 0.0195. The van der Waals surface area contributed by atoms with Crippen LogP contribution in [0.4, 0.5) is 0 Å². The molecule has 0 spiro atoms. The summed E-state index contributed by atoms with van der Waals surface area (Å²) in [5, 5.41) is 57.3. The number of hydrogen-bond acceptors (Lipinski definition) is 10. The Morgan fingerprint density at radius 1 is 0.459 bits per heavy atom. The normalized spacial score (nSPS) is 18.6. The van der Waals surface area contributed by atoms with Crippen LogP contribution in [0.15, 0.2) is 48.6 Å². The van der Waals surface area contributed by atoms with E-state index in [1.165, 1.54) is 225 Å². The number of esters is 1. The summed E-state index contributed by atoms with van der Waals surface area (Å²) < 4.78 is 17.7. The van der Waals surface area contributed by atoms with Crippen LogP contribution in [0, 0.1) is 0 Å². The molecule has 0 saturated carbocycles. The maximum absolute atomic E-state index is 13.5. The zero-order chi connectivity index (χ0) is 61.7. The maximum Gasteiger partial charge on any atom is 0.306 e. The lowest BCUT2D eigenvalue weighted by Crippen LogP contribution is -2.61. The molecule has 0 bridgehead atoms. The first-order valence-corrected chi connectivity index (χ1v) is 36.4. The SMILES string of the molecule is CCCCC/C=C\C/C=C\CCCCCCCCCCCCCCCCCCC(O)C(=O)NC(COC1OC(CO)C(O)C(O)C1OC(=O)CCCCCCCCC/C=C/CCCCCCCC)C(O)/C=C/CCCCCCCCCCCCC. The highest BCUT2D eigenvalue weighted by atomic mass is 16.7. The van der Waals surface area contributed by atoms with Crippen molar-refractivity contribution in [2.24, 2.45) is 0 Å². The standard InChI is InChI=1S/C74H137NO10/c1-4-7-10-13-16-19-22-25-27-29-30-31-32-33-34-35-36-37-39-40-43-46-49-52-55-58-61-67(78)73(82)75-65(66(77)60-57-54-51-48-45-42-24-21-18-15-12-9-6-3)64-83-74-72(71(81)70(80)68(63-76)84-74)85-69(79)62-59-56-53-50-47-44-41-38-28-26-23-20-17-14-11-8-5-2/h16,19,25-28,57,60,65-68,70-72,74,76-78,80-81H,4-15,17-18,20-24,29-56,58-59,61-64H2,1-3H3,(H,75,82)/b19-16-,27-25-,28-26+,60-57+. The summed E-state index contributed by atoms with van der Waals surface area (Å²) in [6.45, 7) is 5.81. The average molecular weight is 1200 g/mol. The number of carbonyl (C=O) groups is 2. The Kier molecular flexibility index (Phi) is 58.7. The Hall–Kier alpha value is -2.38. The molecule has 1 aliphatic rings. The molecular weight excluding hydrogens is 1060 g/mol. The van der Waals surface area contributed by atoms with Crippen molar-refractivity contribution in [2.45, 2.75) is 397 Å². The molecule has 85 heavy (non-hydrogen) atoms. The first-order chi connectivity index (χ1) is 41.7. The van der Waals surface area contributed by atoms with Gasteiger partial charge in [-0.15, -0.1) is 0 Å². The van der Waals surface area contributed by atoms with Crippen LogP contribution in [0.25, 0.3) is 0 Å². The van der Waals surface area contributed by atoms with Crippen LogP contribution in [0.5, 0.6) is 0 Å². The monoisotopic (exact) mass is 1200 g/mol. The van der Waals surface area contributed by atoms with Crippen molar-refractivity contribution in [1.82, 2.24) is 5.32 Å². The summed E-state index contributed by atoms with van der Waals surface area (Å²) in [7, 11) is 0. The van der Waals surface area contributed by atoms with Crippen LogP contribution in [-0.2, 0) is 23.8 Å². The molecule has 1 rings (SSSR count). The van der Waals surface area contributed by atoms with Gasteiger partial charge in [-0.1, -0.05) is 307 Å². The number of allylic oxidation sites excluding steroid dienone is 7. The molecule has 8 atom stereocenters. The van der Waals surface area contributed by atoms with Crippen molar-refractivity contribution in [3.8, 4) is 0 Å². The summed E-state index contributed by atoms with van der Waals surface area (Å²) in [5.74, 6) is -1.19. The molecule has 8 unspecified atom stereocenters. The number of nitrogens with one attached hydrogen (secondary N) is 1. The van der Waals surface area contributed by atoms with Gasteiger partial charge in [0.25, 0.3) is 0 Å². The molecule has 1 aliphatic heterocycles. The number of unbranched alkanes of at least 4 members (excludes halogenated alkanes) is 43. The summed E-state index contributed by atoms with van der Waals surface area (Å²) in [6.07, 6.45) is 67.2. The Balaban J connectivity index is 2.56. The minimum atomic E-state index is -1.61. The number of ether oxygens (including phenoxy) is 3. The second kappa shape index (κ2) is 61.8. The van der Waals surface area contributed by atoms with Gasteiger partial charge in [-0.2, -0.15) is 0 Å². The van der Waals surface area contributed by atoms with Gasteiger partial charge in [-0.05, 0) is 83.5 Å². The van der Waals surface area contributed by atoms with Crippen LogP contribution in [-0.4, -0.2) is 99.6 Å². The third-order valence-electron chi connectivity index (χ3n) is 17.2. The lowest BCUT2D eigenvalue weighted by molar-refractivity contribution is -0.305. The largest absolute Gasteiger partial charge is 0.454 e. The molecule has 1 amide bonds. The van der Waals surface area contributed by atoms with E-state index in [9.17, 15) is 35.1 Å². The number of amides is 1. The average Bonchev–Trinajstić information content (AvgIpc) is 3.22. The number of carbonyl (C=O) groups excluding carboxylic acids is 2. The fourth-order valence-corrected chi connectivity index (χ4v) is 11.4. The summed E-state index contributed by atoms with van der Waals surface area (Å²) in [6, 6.07) is -1.02. The van der Waals surface area contributed by atoms with Gasteiger partial charge in [0.15, 0.2) is 12.4 Å². The zero-order valence-electron chi connectivity index (χ0n) is 55.5. The summed E-state index contributed by atoms with van der Waals surface area (Å²) in [5.41, 5.74) is 0. The van der Waals surface area contributed by atoms with E-state index in [1.54, 1.807) is 6.08 Å². The molecule has 6 N–H and O–H groups in total. The fraction of sp³-hybridized carbons (Fsp3) is 0.865. The smallest absolute Gasteiger partial charge is 0.306 e. The van der Waals surface area contributed by atoms with Crippen molar-refractivity contribution in [3.05, 3.63) is 48.6 Å². The Morgan fingerprint density at radius 3 is 1.24 bits per heavy atom. The van der Waals surface area contributed by atoms with E-state index >= 15 is 0 Å². The molecule has 11 heteroatoms. The lowest BCUT2D eigenvalue weighted by atomic mass is 9.99. The van der Waals surface area contributed by atoms with Crippen LogP contribution >= 0.6 is 0 Å². The predicted octanol–water partition coefficient (Wildman–Crippen LogP) is 18.7. The molecule has 0 aromatic rings. The van der Waals surface area contributed by atoms with Crippen molar-refractivity contribution in [1.29, 1.82) is 0 Å². The predicted molar refractivity (Wildman–Crippen MR) is 357 cm³/mol. The molecule has 1 fully saturated rings. The van der Waals surface area contributed by atoms with Crippen LogP contribution in [0.2, 0.25) is 0 Å². The van der Waals surface area contributed by atoms with E-state index < -0.39 is 67.4 Å². The number of aliphatic hydroxyl groups is 5. The van der Waals surface area contributed by atoms with Gasteiger partial charge < -0.3 is 45.1 Å². The highest BCUT2D eigenvalue weighted by Crippen LogP contribution is 2.26. The highest BCUT2D eigenvalue weighted by molar-refractivity contribution is 5.80. The van der Waals surface area contributed by atoms with Crippen molar-refractivity contribution < 1.29 is 49.3 Å². The zero-order valence-corrected chi connectivity index (χ0v) is 55.5. The molecule has 498 valence electrons. The van der Waals surface area contributed by atoms with Crippen molar-refractivity contribution >= 4 is 11.9 Å². The lowest BCUT2D eigenvalue weighted by Gasteiger charge is -2.41. The van der Waals surface area contributed by atoms with Gasteiger partial charge in [0.1, 0.15) is 24.4 Å². The Bertz CT molecular complexity index is 1570. The van der Waals surface area contributed by atoms with E-state index in [0.717, 1.165) is 77.0 Å². The van der Waals surface area contributed by atoms with Crippen LogP contribution in [0.1, 0.15) is 348 Å². The van der Waals surface area contributed by atoms with Gasteiger partial charge in [-0.25, -0.2) is 0 Å². The van der Waals surface area contributed by atoms with E-state index in [-0.39, 0.29) is 13.0 Å². The highest BCUT2D eigenvalue weighted by Gasteiger charge is 2.47. The van der Waals surface area contributed by atoms with E-state index in [0.29, 0.717) is 19.3 Å². The molecule has 1 saturated heterocycles. The van der Waals surface area contributed by atoms with Crippen LogP contribution in [0.3, 0.4) is 0 Å². The first-order valence-electron chi connectivity index (χ1n) is 36.4. The minimum Gasteiger partial charge on any atom is -0.454 e. The Morgan fingerprint density at radius 2 is 0.812 bits per heavy atom. The summed E-state index contributed by atoms with van der Waals surface area (Å²) in [4.78, 5) is 26.7. The second-order valence-electron chi connectivity index (χ2n) is 25.3. The van der Waals surface area contributed by atoms with Gasteiger partial charge in [0.05, 0.1) is 25.4 Å². The van der Waals surface area contributed by atoms with Crippen molar-refractivity contribution in [2.75, 3.05) is 13.2 Å². The molecule has 0 aliphatic carbocycles. The first kappa shape index (κ1) is 80.6. The number of hydrogen-bond donors (Lipinski definition) is 6. The second-order valence-corrected chi connectivity index (χ2v) is 25.3. The van der Waals surface area contributed by atoms with E-state index in [1.807, 2.05) is 6.08 Å². The molecule has 0 aromatic heterocycles. The molecule has 1 heterocycles. The molecule has 0 aromatic carbocycles. The Labute approximate surface area is 523 Å². The van der Waals surface area contributed by atoms with Crippen molar-refractivity contribution in [3.63, 3.8) is 0 Å². The number of aliphatic hydroxyl groups excluding tert-OH is 5. The summed E-state index contributed by atoms with van der Waals surface area (Å²) >= 11 is 0. The van der Waals surface area contributed by atoms with Gasteiger partial charge >= 0.3 is 5.97 Å². The third-order valence-corrected chi connectivity index (χ3v) is 17.2. The van der Waals surface area contributed by atoms with Gasteiger partial charge in [0, 0.05) is 6.42 Å². The third kappa shape index (κ3) is 49.1. The van der Waals surface area contributed by atoms with E-state index in [4.69, 9.17) is 14.2 Å². The molecule has 0 radical (unpaired) electrons. The molecular formula is C74H137NO10. The topological polar surface area (TPSA) is 175 Å².